The maximum absolute atomic E-state index is 13.2. The average Bonchev–Trinajstić information content (AvgIpc) is 3.12. The number of rotatable bonds is 4. The Hall–Kier alpha value is -3.62. The molecule has 4 aromatic rings. The van der Waals surface area contributed by atoms with Gasteiger partial charge in [-0.05, 0) is 37.1 Å². The van der Waals surface area contributed by atoms with Crippen molar-refractivity contribution in [2.24, 2.45) is 0 Å². The predicted molar refractivity (Wildman–Crippen MR) is 97.7 cm³/mol. The standard InChI is InChI=1S/C19H15FN6O2/c1-10-4-5-11(17-24-19(28-25-17)12-8-14(12)20)7-15(10)23-18(27)13-9-22-26-16(13)3-2-6-21-26/h2-7,9,12,14H,8H2,1H3,(H,23,27)/t12-,14-/m0/s1. The lowest BCUT2D eigenvalue weighted by Gasteiger charge is -2.09. The normalized spacial score (nSPS) is 18.4. The summed E-state index contributed by atoms with van der Waals surface area (Å²) in [5, 5.41) is 15.0. The second kappa shape index (κ2) is 6.22. The molecule has 1 saturated carbocycles. The third-order valence-electron chi connectivity index (χ3n) is 4.76. The minimum absolute atomic E-state index is 0.296. The summed E-state index contributed by atoms with van der Waals surface area (Å²) in [6.07, 6.45) is 2.60. The number of fused-ring (bicyclic) bond motifs is 1. The first-order chi connectivity index (χ1) is 13.6. The number of hydrogen-bond acceptors (Lipinski definition) is 6. The Balaban J connectivity index is 1.43. The third-order valence-corrected chi connectivity index (χ3v) is 4.76. The van der Waals surface area contributed by atoms with Crippen LogP contribution < -0.4 is 5.32 Å². The molecule has 8 nitrogen and oxygen atoms in total. The van der Waals surface area contributed by atoms with Crippen LogP contribution in [-0.4, -0.2) is 37.0 Å². The van der Waals surface area contributed by atoms with Crippen LogP contribution in [0, 0.1) is 6.92 Å². The van der Waals surface area contributed by atoms with E-state index in [9.17, 15) is 9.18 Å². The van der Waals surface area contributed by atoms with Crippen LogP contribution in [0.2, 0.25) is 0 Å². The van der Waals surface area contributed by atoms with Crippen LogP contribution in [0.25, 0.3) is 16.9 Å². The van der Waals surface area contributed by atoms with Gasteiger partial charge in [-0.2, -0.15) is 19.8 Å². The van der Waals surface area contributed by atoms with E-state index in [2.05, 4.69) is 25.7 Å². The van der Waals surface area contributed by atoms with Crippen LogP contribution in [0.4, 0.5) is 10.1 Å². The largest absolute Gasteiger partial charge is 0.339 e. The summed E-state index contributed by atoms with van der Waals surface area (Å²) in [6.45, 7) is 1.89. The van der Waals surface area contributed by atoms with E-state index >= 15 is 0 Å². The number of aromatic nitrogens is 5. The molecule has 1 aromatic carbocycles. The van der Waals surface area contributed by atoms with Gasteiger partial charge in [0.05, 0.1) is 17.7 Å². The molecule has 0 radical (unpaired) electrons. The van der Waals surface area contributed by atoms with Gasteiger partial charge in [0.15, 0.2) is 0 Å². The zero-order chi connectivity index (χ0) is 19.3. The average molecular weight is 378 g/mol. The molecule has 28 heavy (non-hydrogen) atoms. The van der Waals surface area contributed by atoms with E-state index in [1.54, 1.807) is 24.4 Å². The van der Waals surface area contributed by atoms with Gasteiger partial charge in [-0.3, -0.25) is 4.79 Å². The van der Waals surface area contributed by atoms with Crippen LogP contribution in [0.1, 0.15) is 34.2 Å². The Bertz CT molecular complexity index is 1200. The Morgan fingerprint density at radius 1 is 1.32 bits per heavy atom. The number of nitrogens with zero attached hydrogens (tertiary/aromatic N) is 5. The van der Waals surface area contributed by atoms with Crippen molar-refractivity contribution in [2.75, 3.05) is 5.32 Å². The first-order valence-electron chi connectivity index (χ1n) is 8.79. The van der Waals surface area contributed by atoms with Gasteiger partial charge < -0.3 is 9.84 Å². The smallest absolute Gasteiger partial charge is 0.259 e. The number of alkyl halides is 1. The molecule has 140 valence electrons. The van der Waals surface area contributed by atoms with Gasteiger partial charge in [-0.1, -0.05) is 17.3 Å². The molecule has 9 heteroatoms. The summed E-state index contributed by atoms with van der Waals surface area (Å²) in [5.41, 5.74) is 3.20. The first kappa shape index (κ1) is 16.5. The Labute approximate surface area is 158 Å². The second-order valence-electron chi connectivity index (χ2n) is 6.75. The van der Waals surface area contributed by atoms with Crippen LogP contribution in [0.3, 0.4) is 0 Å². The number of amides is 1. The highest BCUT2D eigenvalue weighted by molar-refractivity contribution is 6.09. The topological polar surface area (TPSA) is 98.2 Å². The fourth-order valence-electron chi connectivity index (χ4n) is 3.02. The highest BCUT2D eigenvalue weighted by Crippen LogP contribution is 2.43. The minimum atomic E-state index is -0.901. The number of hydrogen-bond donors (Lipinski definition) is 1. The first-order valence-corrected chi connectivity index (χ1v) is 8.79. The predicted octanol–water partition coefficient (Wildman–Crippen LogP) is 3.17. The van der Waals surface area contributed by atoms with Crippen molar-refractivity contribution < 1.29 is 13.7 Å². The third kappa shape index (κ3) is 2.81. The van der Waals surface area contributed by atoms with Crippen molar-refractivity contribution >= 4 is 17.1 Å². The van der Waals surface area contributed by atoms with Crippen LogP contribution in [-0.2, 0) is 0 Å². The van der Waals surface area contributed by atoms with Gasteiger partial charge in [0.25, 0.3) is 5.91 Å². The fraction of sp³-hybridized carbons (Fsp3) is 0.211. The summed E-state index contributed by atoms with van der Waals surface area (Å²) < 4.78 is 19.8. The van der Waals surface area contributed by atoms with Gasteiger partial charge in [0.1, 0.15) is 11.7 Å². The number of aryl methyl sites for hydroxylation is 1. The minimum Gasteiger partial charge on any atom is -0.339 e. The van der Waals surface area contributed by atoms with Crippen molar-refractivity contribution in [1.29, 1.82) is 0 Å². The number of carbonyl (C=O) groups excluding carboxylic acids is 1. The quantitative estimate of drug-likeness (QED) is 0.586. The summed E-state index contributed by atoms with van der Waals surface area (Å²) in [5.74, 6) is 0.0858. The van der Waals surface area contributed by atoms with Gasteiger partial charge in [0, 0.05) is 17.4 Å². The number of carbonyl (C=O) groups is 1. The zero-order valence-corrected chi connectivity index (χ0v) is 14.8. The molecule has 2 atom stereocenters. The fourth-order valence-corrected chi connectivity index (χ4v) is 3.02. The lowest BCUT2D eigenvalue weighted by atomic mass is 10.1. The summed E-state index contributed by atoms with van der Waals surface area (Å²) in [7, 11) is 0. The molecule has 5 rings (SSSR count). The molecule has 3 aromatic heterocycles. The summed E-state index contributed by atoms with van der Waals surface area (Å²) >= 11 is 0. The highest BCUT2D eigenvalue weighted by atomic mass is 19.1. The molecule has 1 amide bonds. The van der Waals surface area contributed by atoms with E-state index < -0.39 is 6.17 Å². The molecule has 0 saturated heterocycles. The van der Waals surface area contributed by atoms with Gasteiger partial charge in [-0.25, -0.2) is 4.39 Å². The molecule has 0 unspecified atom stereocenters. The number of nitrogens with one attached hydrogen (secondary N) is 1. The van der Waals surface area contributed by atoms with Crippen molar-refractivity contribution in [2.45, 2.75) is 25.4 Å². The number of anilines is 1. The van der Waals surface area contributed by atoms with Crippen molar-refractivity contribution in [3.63, 3.8) is 0 Å². The molecule has 0 bridgehead atoms. The lowest BCUT2D eigenvalue weighted by molar-refractivity contribution is 0.102. The molecule has 0 spiro atoms. The van der Waals surface area contributed by atoms with E-state index in [0.29, 0.717) is 40.5 Å². The van der Waals surface area contributed by atoms with Gasteiger partial charge in [-0.15, -0.1) is 0 Å². The van der Waals surface area contributed by atoms with Crippen LogP contribution in [0.5, 0.6) is 0 Å². The van der Waals surface area contributed by atoms with Crippen LogP contribution >= 0.6 is 0 Å². The Morgan fingerprint density at radius 2 is 2.18 bits per heavy atom. The monoisotopic (exact) mass is 378 g/mol. The van der Waals surface area contributed by atoms with E-state index in [4.69, 9.17) is 4.52 Å². The Morgan fingerprint density at radius 3 is 3.00 bits per heavy atom. The van der Waals surface area contributed by atoms with E-state index in [1.807, 2.05) is 19.1 Å². The molecule has 0 aliphatic heterocycles. The molecule has 3 heterocycles. The molecular formula is C19H15FN6O2. The number of halogens is 1. The van der Waals surface area contributed by atoms with Crippen molar-refractivity contribution in [3.8, 4) is 11.4 Å². The van der Waals surface area contributed by atoms with Crippen molar-refractivity contribution in [1.82, 2.24) is 25.0 Å². The summed E-state index contributed by atoms with van der Waals surface area (Å²) in [6, 6.07) is 8.97. The number of benzene rings is 1. The highest BCUT2D eigenvalue weighted by Gasteiger charge is 2.43. The second-order valence-corrected chi connectivity index (χ2v) is 6.75. The van der Waals surface area contributed by atoms with Gasteiger partial charge in [0.2, 0.25) is 11.7 Å². The Kier molecular flexibility index (Phi) is 3.68. The lowest BCUT2D eigenvalue weighted by Crippen LogP contribution is -2.12. The van der Waals surface area contributed by atoms with Gasteiger partial charge >= 0.3 is 0 Å². The van der Waals surface area contributed by atoms with Crippen LogP contribution in [0.15, 0.2) is 47.2 Å². The molecule has 1 N–H and O–H groups in total. The summed E-state index contributed by atoms with van der Waals surface area (Å²) in [4.78, 5) is 17.0. The maximum atomic E-state index is 13.2. The molecular weight excluding hydrogens is 363 g/mol. The zero-order valence-electron chi connectivity index (χ0n) is 14.8. The molecule has 1 aliphatic carbocycles. The SMILES string of the molecule is Cc1ccc(-c2noc([C@H]3C[C@@H]3F)n2)cc1NC(=O)c1cnn2ncccc12. The van der Waals surface area contributed by atoms with E-state index in [1.165, 1.54) is 10.8 Å². The van der Waals surface area contributed by atoms with E-state index in [-0.39, 0.29) is 11.8 Å². The van der Waals surface area contributed by atoms with E-state index in [0.717, 1.165) is 5.56 Å². The molecule has 1 aliphatic rings. The van der Waals surface area contributed by atoms with Crippen molar-refractivity contribution in [3.05, 3.63) is 59.7 Å². The molecule has 1 fully saturated rings. The maximum Gasteiger partial charge on any atom is 0.259 e.